The molecule has 2 N–H and O–H groups in total. The molecule has 0 radical (unpaired) electrons. The summed E-state index contributed by atoms with van der Waals surface area (Å²) >= 11 is 1.48. The van der Waals surface area contributed by atoms with Crippen LogP contribution in [0.25, 0.3) is 11.4 Å². The van der Waals surface area contributed by atoms with Gasteiger partial charge in [-0.2, -0.15) is 4.31 Å². The van der Waals surface area contributed by atoms with Crippen molar-refractivity contribution < 1.29 is 13.2 Å². The van der Waals surface area contributed by atoms with E-state index in [4.69, 9.17) is 0 Å². The second-order valence-corrected chi connectivity index (χ2v) is 11.1. The van der Waals surface area contributed by atoms with Gasteiger partial charge in [0.15, 0.2) is 5.82 Å². The van der Waals surface area contributed by atoms with Gasteiger partial charge in [-0.3, -0.25) is 9.89 Å². The van der Waals surface area contributed by atoms with Crippen molar-refractivity contribution in [1.29, 1.82) is 0 Å². The first-order valence-electron chi connectivity index (χ1n) is 11.5. The molecule has 0 aliphatic carbocycles. The third kappa shape index (κ3) is 6.46. The second-order valence-electron chi connectivity index (χ2n) is 8.14. The maximum atomic E-state index is 12.7. The number of aromatic amines is 1. The second kappa shape index (κ2) is 11.6. The number of hydrogen-bond acceptors (Lipinski definition) is 6. The number of aromatic nitrogens is 3. The summed E-state index contributed by atoms with van der Waals surface area (Å²) in [5.41, 5.74) is 1.92. The zero-order chi connectivity index (χ0) is 23.8. The number of aryl methyl sites for hydroxylation is 1. The van der Waals surface area contributed by atoms with Crippen LogP contribution in [0.2, 0.25) is 0 Å². The zero-order valence-corrected chi connectivity index (χ0v) is 20.6. The SMILES string of the molecule is O=C(CCc1ccc(S(=O)(=O)N2CCCCC2)cc1)NCCSc1n[nH]c(-c2ccccc2)n1. The number of nitrogens with zero attached hydrogens (tertiary/aromatic N) is 3. The van der Waals surface area contributed by atoms with Crippen LogP contribution in [-0.2, 0) is 21.2 Å². The Hall–Kier alpha value is -2.69. The summed E-state index contributed by atoms with van der Waals surface area (Å²) in [6.45, 7) is 1.70. The van der Waals surface area contributed by atoms with E-state index in [1.54, 1.807) is 28.6 Å². The number of carbonyl (C=O) groups excluding carboxylic acids is 1. The molecule has 4 rings (SSSR count). The van der Waals surface area contributed by atoms with E-state index in [2.05, 4.69) is 20.5 Å². The Morgan fingerprint density at radius 2 is 1.76 bits per heavy atom. The van der Waals surface area contributed by atoms with Gasteiger partial charge in [-0.05, 0) is 37.0 Å². The van der Waals surface area contributed by atoms with Crippen molar-refractivity contribution in [2.24, 2.45) is 0 Å². The highest BCUT2D eigenvalue weighted by Gasteiger charge is 2.25. The van der Waals surface area contributed by atoms with Crippen molar-refractivity contribution >= 4 is 27.7 Å². The largest absolute Gasteiger partial charge is 0.355 e. The number of piperidine rings is 1. The number of carbonyl (C=O) groups is 1. The van der Waals surface area contributed by atoms with Crippen LogP contribution < -0.4 is 5.32 Å². The fourth-order valence-corrected chi connectivity index (χ4v) is 5.97. The van der Waals surface area contributed by atoms with Gasteiger partial charge in [-0.25, -0.2) is 13.4 Å². The Labute approximate surface area is 204 Å². The molecule has 2 heterocycles. The minimum absolute atomic E-state index is 0.0365. The highest BCUT2D eigenvalue weighted by Crippen LogP contribution is 2.21. The number of amides is 1. The lowest BCUT2D eigenvalue weighted by Crippen LogP contribution is -2.35. The monoisotopic (exact) mass is 499 g/mol. The van der Waals surface area contributed by atoms with E-state index < -0.39 is 10.0 Å². The van der Waals surface area contributed by atoms with Crippen LogP contribution in [0.15, 0.2) is 64.6 Å². The van der Waals surface area contributed by atoms with Crippen LogP contribution in [0.5, 0.6) is 0 Å². The molecule has 1 saturated heterocycles. The maximum absolute atomic E-state index is 12.7. The Morgan fingerprint density at radius 3 is 2.50 bits per heavy atom. The predicted octanol–water partition coefficient (Wildman–Crippen LogP) is 3.49. The van der Waals surface area contributed by atoms with Gasteiger partial charge in [0.1, 0.15) is 0 Å². The lowest BCUT2D eigenvalue weighted by atomic mass is 10.1. The number of rotatable bonds is 10. The Bertz CT molecular complexity index is 1170. The van der Waals surface area contributed by atoms with Gasteiger partial charge in [-0.1, -0.05) is 60.6 Å². The summed E-state index contributed by atoms with van der Waals surface area (Å²) in [4.78, 5) is 17.0. The Balaban J connectivity index is 1.17. The van der Waals surface area contributed by atoms with Crippen LogP contribution in [0.1, 0.15) is 31.2 Å². The molecule has 0 unspecified atom stereocenters. The molecular formula is C24H29N5O3S2. The fourth-order valence-electron chi connectivity index (χ4n) is 3.80. The minimum atomic E-state index is -3.42. The van der Waals surface area contributed by atoms with E-state index in [-0.39, 0.29) is 5.91 Å². The molecule has 1 aliphatic rings. The first-order valence-corrected chi connectivity index (χ1v) is 13.9. The van der Waals surface area contributed by atoms with E-state index in [0.717, 1.165) is 36.2 Å². The first kappa shape index (κ1) is 24.4. The third-order valence-corrected chi connectivity index (χ3v) is 8.45. The molecular weight excluding hydrogens is 470 g/mol. The van der Waals surface area contributed by atoms with Crippen molar-refractivity contribution in [3.8, 4) is 11.4 Å². The summed E-state index contributed by atoms with van der Waals surface area (Å²) in [5.74, 6) is 1.36. The molecule has 180 valence electrons. The molecule has 0 bridgehead atoms. The number of benzene rings is 2. The van der Waals surface area contributed by atoms with Crippen molar-refractivity contribution in [3.63, 3.8) is 0 Å². The quantitative estimate of drug-likeness (QED) is 0.327. The van der Waals surface area contributed by atoms with Gasteiger partial charge in [0.2, 0.25) is 21.1 Å². The van der Waals surface area contributed by atoms with Gasteiger partial charge < -0.3 is 5.32 Å². The fraction of sp³-hybridized carbons (Fsp3) is 0.375. The van der Waals surface area contributed by atoms with E-state index in [1.165, 1.54) is 11.8 Å². The van der Waals surface area contributed by atoms with Crippen molar-refractivity contribution in [1.82, 2.24) is 24.8 Å². The number of thioether (sulfide) groups is 1. The summed E-state index contributed by atoms with van der Waals surface area (Å²) < 4.78 is 27.0. The van der Waals surface area contributed by atoms with Crippen LogP contribution >= 0.6 is 11.8 Å². The van der Waals surface area contributed by atoms with E-state index in [0.29, 0.717) is 48.3 Å². The van der Waals surface area contributed by atoms with Crippen molar-refractivity contribution in [3.05, 3.63) is 60.2 Å². The number of nitrogens with one attached hydrogen (secondary N) is 2. The van der Waals surface area contributed by atoms with Crippen molar-refractivity contribution in [2.45, 2.75) is 42.2 Å². The zero-order valence-electron chi connectivity index (χ0n) is 18.9. The number of hydrogen-bond donors (Lipinski definition) is 2. The molecule has 8 nitrogen and oxygen atoms in total. The van der Waals surface area contributed by atoms with Crippen LogP contribution in [0, 0.1) is 0 Å². The molecule has 10 heteroatoms. The van der Waals surface area contributed by atoms with Gasteiger partial charge in [0.25, 0.3) is 0 Å². The minimum Gasteiger partial charge on any atom is -0.355 e. The molecule has 0 spiro atoms. The summed E-state index contributed by atoms with van der Waals surface area (Å²) in [6.07, 6.45) is 3.82. The normalized spacial score (nSPS) is 14.7. The molecule has 1 aliphatic heterocycles. The van der Waals surface area contributed by atoms with E-state index in [9.17, 15) is 13.2 Å². The summed E-state index contributed by atoms with van der Waals surface area (Å²) in [7, 11) is -3.42. The van der Waals surface area contributed by atoms with Crippen molar-refractivity contribution in [2.75, 3.05) is 25.4 Å². The van der Waals surface area contributed by atoms with Gasteiger partial charge in [-0.15, -0.1) is 5.10 Å². The summed E-state index contributed by atoms with van der Waals surface area (Å²) in [5, 5.41) is 10.7. The third-order valence-electron chi connectivity index (χ3n) is 5.68. The van der Waals surface area contributed by atoms with Crippen LogP contribution in [0.4, 0.5) is 0 Å². The Morgan fingerprint density at radius 1 is 1.03 bits per heavy atom. The molecule has 0 saturated carbocycles. The Kier molecular flexibility index (Phi) is 8.36. The molecule has 1 aromatic heterocycles. The first-order chi connectivity index (χ1) is 16.5. The van der Waals surface area contributed by atoms with E-state index >= 15 is 0 Å². The van der Waals surface area contributed by atoms with Crippen LogP contribution in [-0.4, -0.2) is 59.2 Å². The standard InChI is InChI=1S/C24H29N5O3S2/c30-22(25-15-18-33-24-26-23(27-28-24)20-7-3-1-4-8-20)14-11-19-9-12-21(13-10-19)34(31,32)29-16-5-2-6-17-29/h1,3-4,7-10,12-13H,2,5-6,11,14-18H2,(H,25,30)(H,26,27,28). The molecule has 1 fully saturated rings. The topological polar surface area (TPSA) is 108 Å². The highest BCUT2D eigenvalue weighted by atomic mass is 32.2. The van der Waals surface area contributed by atoms with Gasteiger partial charge in [0.05, 0.1) is 4.90 Å². The molecule has 3 aromatic rings. The average Bonchev–Trinajstić information content (AvgIpc) is 3.36. The predicted molar refractivity (Wildman–Crippen MR) is 133 cm³/mol. The molecule has 0 atom stereocenters. The lowest BCUT2D eigenvalue weighted by Gasteiger charge is -2.25. The number of sulfonamides is 1. The van der Waals surface area contributed by atoms with Gasteiger partial charge >= 0.3 is 0 Å². The molecule has 1 amide bonds. The number of H-pyrrole nitrogens is 1. The molecule has 2 aromatic carbocycles. The van der Waals surface area contributed by atoms with E-state index in [1.807, 2.05) is 30.3 Å². The van der Waals surface area contributed by atoms with Gasteiger partial charge in [0, 0.05) is 37.4 Å². The lowest BCUT2D eigenvalue weighted by molar-refractivity contribution is -0.120. The summed E-state index contributed by atoms with van der Waals surface area (Å²) in [6, 6.07) is 16.7. The highest BCUT2D eigenvalue weighted by molar-refractivity contribution is 7.99. The average molecular weight is 500 g/mol. The maximum Gasteiger partial charge on any atom is 0.243 e. The van der Waals surface area contributed by atoms with Crippen LogP contribution in [0.3, 0.4) is 0 Å². The smallest absolute Gasteiger partial charge is 0.243 e. The molecule has 34 heavy (non-hydrogen) atoms.